The number of esters is 1. The molecule has 0 bridgehead atoms. The summed E-state index contributed by atoms with van der Waals surface area (Å²) < 4.78 is 5.15. The van der Waals surface area contributed by atoms with Gasteiger partial charge in [-0.25, -0.2) is 0 Å². The van der Waals surface area contributed by atoms with E-state index < -0.39 is 0 Å². The second-order valence-electron chi connectivity index (χ2n) is 4.55. The molecule has 110 valence electrons. The summed E-state index contributed by atoms with van der Waals surface area (Å²) in [5.74, 6) is 0.602. The van der Waals surface area contributed by atoms with Crippen molar-refractivity contribution < 1.29 is 9.53 Å². The number of nitrogens with zero attached hydrogens (tertiary/aromatic N) is 1. The number of nitriles is 1. The highest BCUT2D eigenvalue weighted by atomic mass is 32.1. The normalized spacial score (nSPS) is 10.8. The van der Waals surface area contributed by atoms with Crippen molar-refractivity contribution in [1.29, 1.82) is 5.26 Å². The Morgan fingerprint density at radius 2 is 1.82 bits per heavy atom. The fraction of sp³-hybridized carbons (Fsp3) is 0.111. The fourth-order valence-electron chi connectivity index (χ4n) is 1.87. The number of carbonyl (C=O) groups excluding carboxylic acids is 1. The summed E-state index contributed by atoms with van der Waals surface area (Å²) in [6.45, 7) is 0. The molecule has 4 heteroatoms. The van der Waals surface area contributed by atoms with Crippen LogP contribution in [0.1, 0.15) is 17.5 Å². The molecule has 2 aromatic carbocycles. The number of allylic oxidation sites excluding steroid dienone is 1. The Balaban J connectivity index is 2.16. The van der Waals surface area contributed by atoms with E-state index in [4.69, 9.17) is 4.74 Å². The molecule has 0 atom stereocenters. The maximum atomic E-state index is 11.4. The molecule has 0 aromatic heterocycles. The third-order valence-corrected chi connectivity index (χ3v) is 3.17. The highest BCUT2D eigenvalue weighted by Gasteiger charge is 2.05. The van der Waals surface area contributed by atoms with Crippen LogP contribution in [0.15, 0.2) is 54.6 Å². The van der Waals surface area contributed by atoms with Crippen LogP contribution in [0, 0.1) is 11.3 Å². The van der Waals surface area contributed by atoms with Crippen LogP contribution in [-0.4, -0.2) is 11.7 Å². The quantitative estimate of drug-likeness (QED) is 0.299. The van der Waals surface area contributed by atoms with E-state index in [0.717, 1.165) is 11.1 Å². The number of ether oxygens (including phenoxy) is 1. The maximum Gasteiger partial charge on any atom is 0.312 e. The van der Waals surface area contributed by atoms with Gasteiger partial charge in [0.05, 0.1) is 18.1 Å². The Labute approximate surface area is 135 Å². The molecule has 0 heterocycles. The Kier molecular flexibility index (Phi) is 5.81. The van der Waals surface area contributed by atoms with Gasteiger partial charge in [-0.15, -0.1) is 0 Å². The van der Waals surface area contributed by atoms with Crippen LogP contribution in [0.3, 0.4) is 0 Å². The smallest absolute Gasteiger partial charge is 0.312 e. The molecule has 0 fully saturated rings. The summed E-state index contributed by atoms with van der Waals surface area (Å²) in [4.78, 5) is 11.4. The van der Waals surface area contributed by atoms with Crippen molar-refractivity contribution in [2.24, 2.45) is 0 Å². The lowest BCUT2D eigenvalue weighted by Crippen LogP contribution is -2.07. The van der Waals surface area contributed by atoms with E-state index in [1.807, 2.05) is 36.4 Å². The van der Waals surface area contributed by atoms with Gasteiger partial charge in [0.15, 0.2) is 0 Å². The highest BCUT2D eigenvalue weighted by Crippen LogP contribution is 2.21. The summed E-state index contributed by atoms with van der Waals surface area (Å²) >= 11 is 3.99. The number of hydrogen-bond donors (Lipinski definition) is 1. The molecule has 0 N–H and O–H groups in total. The second kappa shape index (κ2) is 8.06. The molecule has 0 saturated heterocycles. The minimum Gasteiger partial charge on any atom is -0.427 e. The van der Waals surface area contributed by atoms with Crippen molar-refractivity contribution in [3.63, 3.8) is 0 Å². The monoisotopic (exact) mass is 309 g/mol. The second-order valence-corrected chi connectivity index (χ2v) is 5.00. The Morgan fingerprint density at radius 1 is 1.14 bits per heavy atom. The van der Waals surface area contributed by atoms with Crippen molar-refractivity contribution in [2.75, 3.05) is 5.75 Å². The van der Waals surface area contributed by atoms with E-state index in [9.17, 15) is 10.1 Å². The molecule has 3 nitrogen and oxygen atoms in total. The van der Waals surface area contributed by atoms with Crippen molar-refractivity contribution in [2.45, 2.75) is 6.42 Å². The maximum absolute atomic E-state index is 11.4. The first-order valence-electron chi connectivity index (χ1n) is 6.82. The van der Waals surface area contributed by atoms with Crippen molar-refractivity contribution in [3.8, 4) is 11.8 Å². The SMILES string of the molecule is N#C/C(=C\c1ccccc1)c1ccc(OC(=O)CCS)cc1. The van der Waals surface area contributed by atoms with E-state index in [2.05, 4.69) is 18.7 Å². The van der Waals surface area contributed by atoms with Gasteiger partial charge in [0.2, 0.25) is 0 Å². The summed E-state index contributed by atoms with van der Waals surface area (Å²) in [5.41, 5.74) is 2.29. The molecule has 0 aliphatic heterocycles. The zero-order valence-electron chi connectivity index (χ0n) is 11.9. The number of hydrogen-bond acceptors (Lipinski definition) is 4. The van der Waals surface area contributed by atoms with Gasteiger partial charge in [0.1, 0.15) is 5.75 Å². The van der Waals surface area contributed by atoms with Gasteiger partial charge in [0.25, 0.3) is 0 Å². The average Bonchev–Trinajstić information content (AvgIpc) is 2.55. The topological polar surface area (TPSA) is 50.1 Å². The minimum atomic E-state index is -0.317. The van der Waals surface area contributed by atoms with Crippen molar-refractivity contribution in [1.82, 2.24) is 0 Å². The van der Waals surface area contributed by atoms with E-state index in [-0.39, 0.29) is 12.4 Å². The molecule has 0 aliphatic carbocycles. The molecular formula is C18H15NO2S. The first-order valence-corrected chi connectivity index (χ1v) is 7.45. The van der Waals surface area contributed by atoms with Crippen molar-refractivity contribution >= 4 is 30.2 Å². The highest BCUT2D eigenvalue weighted by molar-refractivity contribution is 7.80. The van der Waals surface area contributed by atoms with Gasteiger partial charge < -0.3 is 4.74 Å². The third-order valence-electron chi connectivity index (χ3n) is 2.94. The predicted octanol–water partition coefficient (Wildman–Crippen LogP) is 3.98. The summed E-state index contributed by atoms with van der Waals surface area (Å²) in [7, 11) is 0. The molecule has 0 amide bonds. The van der Waals surface area contributed by atoms with Crippen LogP contribution in [0.25, 0.3) is 11.6 Å². The van der Waals surface area contributed by atoms with Gasteiger partial charge in [-0.1, -0.05) is 30.3 Å². The molecule has 22 heavy (non-hydrogen) atoms. The molecule has 0 spiro atoms. The van der Waals surface area contributed by atoms with Crippen LogP contribution in [0.5, 0.6) is 5.75 Å². The van der Waals surface area contributed by atoms with Gasteiger partial charge in [-0.3, -0.25) is 4.79 Å². The van der Waals surface area contributed by atoms with Crippen LogP contribution in [-0.2, 0) is 4.79 Å². The molecule has 0 saturated carbocycles. The number of thiol groups is 1. The summed E-state index contributed by atoms with van der Waals surface area (Å²) in [6, 6.07) is 18.7. The van der Waals surface area contributed by atoms with Gasteiger partial charge in [-0.05, 0) is 41.5 Å². The Morgan fingerprint density at radius 3 is 2.41 bits per heavy atom. The Hall–Kier alpha value is -2.51. The molecule has 0 aliphatic rings. The van der Waals surface area contributed by atoms with E-state index >= 15 is 0 Å². The Bertz CT molecular complexity index is 700. The standard InChI is InChI=1S/C18H15NO2S/c19-13-16(12-14-4-2-1-3-5-14)15-6-8-17(9-7-15)21-18(20)10-11-22/h1-9,12,22H,10-11H2/b16-12+. The first kappa shape index (κ1) is 15.9. The predicted molar refractivity (Wildman–Crippen MR) is 90.5 cm³/mol. The lowest BCUT2D eigenvalue weighted by molar-refractivity contribution is -0.133. The zero-order chi connectivity index (χ0) is 15.8. The summed E-state index contributed by atoms with van der Waals surface area (Å²) in [6.07, 6.45) is 2.09. The lowest BCUT2D eigenvalue weighted by atomic mass is 10.0. The zero-order valence-corrected chi connectivity index (χ0v) is 12.8. The van der Waals surface area contributed by atoms with Crippen LogP contribution < -0.4 is 4.74 Å². The number of benzene rings is 2. The molecular weight excluding hydrogens is 294 g/mol. The largest absolute Gasteiger partial charge is 0.427 e. The number of carbonyl (C=O) groups is 1. The summed E-state index contributed by atoms with van der Waals surface area (Å²) in [5, 5.41) is 9.31. The van der Waals surface area contributed by atoms with E-state index in [1.165, 1.54) is 0 Å². The van der Waals surface area contributed by atoms with Gasteiger partial charge in [0, 0.05) is 5.75 Å². The van der Waals surface area contributed by atoms with E-state index in [1.54, 1.807) is 24.3 Å². The van der Waals surface area contributed by atoms with Crippen molar-refractivity contribution in [3.05, 3.63) is 65.7 Å². The molecule has 2 rings (SSSR count). The average molecular weight is 309 g/mol. The molecule has 0 radical (unpaired) electrons. The first-order chi connectivity index (χ1) is 10.7. The fourth-order valence-corrected chi connectivity index (χ4v) is 2.05. The van der Waals surface area contributed by atoms with Gasteiger partial charge >= 0.3 is 5.97 Å². The van der Waals surface area contributed by atoms with Crippen LogP contribution >= 0.6 is 12.6 Å². The minimum absolute atomic E-state index is 0.266. The lowest BCUT2D eigenvalue weighted by Gasteiger charge is -2.05. The number of rotatable bonds is 5. The van der Waals surface area contributed by atoms with Crippen LogP contribution in [0.2, 0.25) is 0 Å². The van der Waals surface area contributed by atoms with Gasteiger partial charge in [-0.2, -0.15) is 17.9 Å². The van der Waals surface area contributed by atoms with Crippen LogP contribution in [0.4, 0.5) is 0 Å². The third kappa shape index (κ3) is 4.51. The molecule has 2 aromatic rings. The van der Waals surface area contributed by atoms with E-state index in [0.29, 0.717) is 17.1 Å². The molecule has 0 unspecified atom stereocenters.